The van der Waals surface area contributed by atoms with Crippen molar-refractivity contribution < 1.29 is 9.53 Å². The molecule has 9 heteroatoms. The van der Waals surface area contributed by atoms with Gasteiger partial charge >= 0.3 is 6.01 Å². The van der Waals surface area contributed by atoms with Crippen molar-refractivity contribution in [1.82, 2.24) is 24.7 Å². The van der Waals surface area contributed by atoms with E-state index < -0.39 is 0 Å². The Bertz CT molecular complexity index is 962. The van der Waals surface area contributed by atoms with Crippen LogP contribution in [0, 0.1) is 11.3 Å². The van der Waals surface area contributed by atoms with E-state index in [-0.39, 0.29) is 11.9 Å². The van der Waals surface area contributed by atoms with Crippen LogP contribution in [0.3, 0.4) is 0 Å². The molecule has 0 N–H and O–H groups in total. The van der Waals surface area contributed by atoms with E-state index in [4.69, 9.17) is 20.0 Å². The van der Waals surface area contributed by atoms with Gasteiger partial charge < -0.3 is 24.3 Å². The minimum Gasteiger partial charge on any atom is -0.463 e. The fourth-order valence-electron chi connectivity index (χ4n) is 5.75. The van der Waals surface area contributed by atoms with Crippen LogP contribution in [0.25, 0.3) is 0 Å². The molecule has 1 aromatic heterocycles. The largest absolute Gasteiger partial charge is 0.463 e. The molecule has 4 rings (SSSR count). The van der Waals surface area contributed by atoms with Gasteiger partial charge in [-0.2, -0.15) is 15.2 Å². The van der Waals surface area contributed by atoms with Gasteiger partial charge in [-0.1, -0.05) is 19.4 Å². The number of carbonyl (C=O) groups excluding carboxylic acids is 1. The number of carbonyl (C=O) groups is 1. The molecule has 1 unspecified atom stereocenters. The molecule has 0 bridgehead atoms. The predicted molar refractivity (Wildman–Crippen MR) is 140 cm³/mol. The van der Waals surface area contributed by atoms with Crippen LogP contribution in [0.1, 0.15) is 56.2 Å². The van der Waals surface area contributed by atoms with Gasteiger partial charge in [-0.05, 0) is 58.8 Å². The van der Waals surface area contributed by atoms with Crippen LogP contribution in [-0.2, 0) is 17.8 Å². The van der Waals surface area contributed by atoms with Crippen molar-refractivity contribution >= 4 is 11.7 Å². The average Bonchev–Trinajstić information content (AvgIpc) is 3.10. The van der Waals surface area contributed by atoms with E-state index in [9.17, 15) is 4.79 Å². The van der Waals surface area contributed by atoms with Gasteiger partial charge in [-0.3, -0.25) is 4.79 Å². The molecule has 196 valence electrons. The third-order valence-corrected chi connectivity index (χ3v) is 7.90. The van der Waals surface area contributed by atoms with Gasteiger partial charge in [0.1, 0.15) is 5.82 Å². The molecule has 0 saturated carbocycles. The zero-order valence-corrected chi connectivity index (χ0v) is 22.0. The maximum atomic E-state index is 12.5. The molecule has 0 radical (unpaired) electrons. The first-order chi connectivity index (χ1) is 17.5. The van der Waals surface area contributed by atoms with Gasteiger partial charge in [0.25, 0.3) is 0 Å². The highest BCUT2D eigenvalue weighted by molar-refractivity contribution is 5.87. The van der Waals surface area contributed by atoms with Gasteiger partial charge in [0.2, 0.25) is 5.91 Å². The number of hydrogen-bond donors (Lipinski definition) is 0. The van der Waals surface area contributed by atoms with Gasteiger partial charge in [-0.15, -0.1) is 0 Å². The lowest BCUT2D eigenvalue weighted by Crippen LogP contribution is -2.55. The zero-order valence-electron chi connectivity index (χ0n) is 22.0. The van der Waals surface area contributed by atoms with Crippen molar-refractivity contribution in [2.75, 3.05) is 58.3 Å². The number of nitriles is 1. The summed E-state index contributed by atoms with van der Waals surface area (Å²) in [5, 5.41) is 9.16. The van der Waals surface area contributed by atoms with Crippen molar-refractivity contribution in [3.63, 3.8) is 0 Å². The Labute approximate surface area is 215 Å². The second kappa shape index (κ2) is 12.5. The van der Waals surface area contributed by atoms with E-state index in [2.05, 4.69) is 41.4 Å². The molecule has 0 aliphatic carbocycles. The fourth-order valence-corrected chi connectivity index (χ4v) is 5.75. The number of nitrogens with zero attached hydrogens (tertiary/aromatic N) is 7. The summed E-state index contributed by atoms with van der Waals surface area (Å²) in [4.78, 5) is 31.1. The van der Waals surface area contributed by atoms with Crippen LogP contribution in [0.15, 0.2) is 12.7 Å². The lowest BCUT2D eigenvalue weighted by Gasteiger charge is -2.42. The Kier molecular flexibility index (Phi) is 9.16. The maximum Gasteiger partial charge on any atom is 0.318 e. The van der Waals surface area contributed by atoms with Crippen molar-refractivity contribution in [1.29, 1.82) is 5.26 Å². The predicted octanol–water partition coefficient (Wildman–Crippen LogP) is 2.61. The summed E-state index contributed by atoms with van der Waals surface area (Å²) in [6.45, 7) is 9.09. The maximum absolute atomic E-state index is 12.5. The van der Waals surface area contributed by atoms with E-state index in [0.29, 0.717) is 51.1 Å². The molecule has 3 aliphatic heterocycles. The second-order valence-corrected chi connectivity index (χ2v) is 10.4. The van der Waals surface area contributed by atoms with E-state index in [1.807, 2.05) is 4.90 Å². The highest BCUT2D eigenvalue weighted by Gasteiger charge is 2.32. The summed E-state index contributed by atoms with van der Waals surface area (Å²) < 4.78 is 6.18. The van der Waals surface area contributed by atoms with Crippen LogP contribution < -0.4 is 9.64 Å². The Hall–Kier alpha value is -2.70. The number of ether oxygens (including phenoxy) is 1. The van der Waals surface area contributed by atoms with Crippen molar-refractivity contribution in [2.24, 2.45) is 0 Å². The molecule has 36 heavy (non-hydrogen) atoms. The zero-order chi connectivity index (χ0) is 25.5. The fraction of sp³-hybridized carbons (Fsp3) is 0.704. The molecular formula is C27H41N7O2. The number of aromatic nitrogens is 2. The molecule has 2 fully saturated rings. The molecule has 2 saturated heterocycles. The minimum atomic E-state index is -0.0727. The minimum absolute atomic E-state index is 0.0454. The first kappa shape index (κ1) is 26.4. The number of fused-ring (bicyclic) bond motifs is 1. The summed E-state index contributed by atoms with van der Waals surface area (Å²) >= 11 is 0. The van der Waals surface area contributed by atoms with Gasteiger partial charge in [0.05, 0.1) is 24.4 Å². The SMILES string of the molecule is C=CC(=O)N1CCN(c2nc(OCC[C@@H]3CCCCCN3C)nc3c2CCN(C)C3)CC1CCC#N. The first-order valence-electron chi connectivity index (χ1n) is 13.5. The summed E-state index contributed by atoms with van der Waals surface area (Å²) in [5.41, 5.74) is 2.22. The molecule has 1 aromatic rings. The van der Waals surface area contributed by atoms with Crippen LogP contribution in [0.2, 0.25) is 0 Å². The average molecular weight is 496 g/mol. The molecule has 9 nitrogen and oxygen atoms in total. The molecule has 0 spiro atoms. The van der Waals surface area contributed by atoms with Crippen molar-refractivity contribution in [3.8, 4) is 12.1 Å². The highest BCUT2D eigenvalue weighted by Crippen LogP contribution is 2.30. The van der Waals surface area contributed by atoms with E-state index >= 15 is 0 Å². The first-order valence-corrected chi connectivity index (χ1v) is 13.5. The number of likely N-dealkylation sites (tertiary alicyclic amines) is 1. The van der Waals surface area contributed by atoms with E-state index in [1.165, 1.54) is 37.3 Å². The summed E-state index contributed by atoms with van der Waals surface area (Å²) in [5.74, 6) is 0.860. The Morgan fingerprint density at radius 1 is 1.14 bits per heavy atom. The smallest absolute Gasteiger partial charge is 0.318 e. The van der Waals surface area contributed by atoms with Crippen molar-refractivity contribution in [3.05, 3.63) is 23.9 Å². The summed E-state index contributed by atoms with van der Waals surface area (Å²) in [6.07, 6.45) is 9.39. The number of anilines is 1. The second-order valence-electron chi connectivity index (χ2n) is 10.4. The molecular weight excluding hydrogens is 454 g/mol. The number of rotatable bonds is 8. The lowest BCUT2D eigenvalue weighted by molar-refractivity contribution is -0.128. The van der Waals surface area contributed by atoms with Crippen LogP contribution in [0.4, 0.5) is 5.82 Å². The van der Waals surface area contributed by atoms with Crippen LogP contribution >= 0.6 is 0 Å². The molecule has 4 heterocycles. The lowest BCUT2D eigenvalue weighted by atomic mass is 10.0. The van der Waals surface area contributed by atoms with Gasteiger partial charge in [0.15, 0.2) is 0 Å². The van der Waals surface area contributed by atoms with E-state index in [0.717, 1.165) is 44.0 Å². The van der Waals surface area contributed by atoms with Crippen LogP contribution in [-0.4, -0.2) is 96.1 Å². The third kappa shape index (κ3) is 6.34. The normalized spacial score (nSPS) is 23.5. The van der Waals surface area contributed by atoms with Crippen LogP contribution in [0.5, 0.6) is 6.01 Å². The number of hydrogen-bond acceptors (Lipinski definition) is 8. The van der Waals surface area contributed by atoms with Gasteiger partial charge in [-0.25, -0.2) is 0 Å². The number of likely N-dealkylation sites (N-methyl/N-ethyl adjacent to an activating group) is 1. The standard InChI is InChI=1S/C27H41N7O2/c1-4-25(35)34-17-16-33(19-22(34)10-8-13-28)26-23-11-15-31(2)20-24(23)29-27(30-26)36-18-12-21-9-6-5-7-14-32(21)3/h4,21-22H,1,5-12,14-20H2,2-3H3/t21-,22?/m0/s1. The number of amides is 1. The highest BCUT2D eigenvalue weighted by atomic mass is 16.5. The Morgan fingerprint density at radius 3 is 2.81 bits per heavy atom. The Balaban J connectivity index is 1.52. The van der Waals surface area contributed by atoms with Crippen molar-refractivity contribution in [2.45, 2.75) is 70.0 Å². The monoisotopic (exact) mass is 495 g/mol. The molecule has 1 amide bonds. The summed E-state index contributed by atoms with van der Waals surface area (Å²) in [7, 11) is 4.34. The summed E-state index contributed by atoms with van der Waals surface area (Å²) in [6, 6.07) is 3.19. The third-order valence-electron chi connectivity index (χ3n) is 7.90. The molecule has 3 aliphatic rings. The number of piperazine rings is 1. The topological polar surface area (TPSA) is 88.8 Å². The molecule has 0 aromatic carbocycles. The Morgan fingerprint density at radius 2 is 2.00 bits per heavy atom. The van der Waals surface area contributed by atoms with E-state index in [1.54, 1.807) is 0 Å². The van der Waals surface area contributed by atoms with Gasteiger partial charge in [0, 0.05) is 50.7 Å². The molecule has 2 atom stereocenters. The quantitative estimate of drug-likeness (QED) is 0.509.